The third-order valence-electron chi connectivity index (χ3n) is 4.48. The minimum Gasteiger partial charge on any atom is -0.796 e. The summed E-state index contributed by atoms with van der Waals surface area (Å²) >= 11 is 11.0. The first-order valence-electron chi connectivity index (χ1n) is 11.4. The predicted molar refractivity (Wildman–Crippen MR) is 160 cm³/mol. The van der Waals surface area contributed by atoms with E-state index in [9.17, 15) is 43.7 Å². The number of alkyl halides is 10. The monoisotopic (exact) mass is 751 g/mol. The maximum absolute atomic E-state index is 12.2. The molecule has 0 bridgehead atoms. The second-order valence-electron chi connectivity index (χ2n) is 8.01. The normalized spacial score (nSPS) is 11.9. The summed E-state index contributed by atoms with van der Waals surface area (Å²) in [5.41, 5.74) is -1.02. The van der Waals surface area contributed by atoms with Crippen LogP contribution in [0, 0.1) is 11.5 Å². The van der Waals surface area contributed by atoms with Crippen LogP contribution in [-0.4, -0.2) is 37.9 Å². The summed E-state index contributed by atoms with van der Waals surface area (Å²) in [7, 11) is -2.74. The van der Waals surface area contributed by atoms with Crippen LogP contribution in [-0.2, 0) is 58.3 Å². The van der Waals surface area contributed by atoms with Gasteiger partial charge in [-0.1, -0.05) is 25.6 Å². The van der Waals surface area contributed by atoms with Crippen molar-refractivity contribution in [3.05, 3.63) is 88.8 Å². The standard InChI is InChI=1S/C9H8F3N3OS.C8H8F3NS.C7H5ClF3N.CH4S.CH4.Na/c1-17(16,15-6-13)5-7-2-3-8(14-4-7)9(10,11)12;1-13-5-6-2-3-7(12-4-6)8(9,10)11;8-3-5-1-2-6(12-4-5)7(9,10)11;1-2;;/h2-4H,5H2,1H3;2-4H,5H2,1H3;1-2,4H,3H2;2H,1H3;1H4;/q;;;;;+1/p-1. The van der Waals surface area contributed by atoms with E-state index in [4.69, 9.17) is 16.9 Å². The summed E-state index contributed by atoms with van der Waals surface area (Å²) in [6, 6.07) is 6.65. The fourth-order valence-corrected chi connectivity index (χ4v) is 4.31. The van der Waals surface area contributed by atoms with Crippen molar-refractivity contribution in [2.24, 2.45) is 4.36 Å². The number of pyridine rings is 3. The zero-order valence-corrected chi connectivity index (χ0v) is 29.2. The molecule has 1 unspecified atom stereocenters. The van der Waals surface area contributed by atoms with Crippen LogP contribution in [0.25, 0.3) is 0 Å². The van der Waals surface area contributed by atoms with Gasteiger partial charge in [-0.2, -0.15) is 62.8 Å². The molecule has 0 saturated heterocycles. The first kappa shape index (κ1) is 48.6. The molecule has 3 rings (SSSR count). The number of rotatable bonds is 5. The third kappa shape index (κ3) is 19.8. The molecule has 1 atom stereocenters. The molecule has 3 aromatic rings. The molecule has 3 aromatic heterocycles. The Balaban J connectivity index is -0.000000583. The molecule has 0 aromatic carbocycles. The second kappa shape index (κ2) is 22.8. The van der Waals surface area contributed by atoms with Gasteiger partial charge in [-0.25, -0.2) is 4.21 Å². The maximum Gasteiger partial charge on any atom is 1.00 e. The van der Waals surface area contributed by atoms with Gasteiger partial charge in [-0.05, 0) is 41.1 Å². The van der Waals surface area contributed by atoms with Gasteiger partial charge in [0.15, 0.2) is 0 Å². The van der Waals surface area contributed by atoms with Gasteiger partial charge in [-0.15, -0.1) is 16.0 Å². The van der Waals surface area contributed by atoms with Crippen molar-refractivity contribution in [1.29, 1.82) is 5.26 Å². The molecule has 6 nitrogen and oxygen atoms in total. The summed E-state index contributed by atoms with van der Waals surface area (Å²) in [6.45, 7) is 0. The number of aromatic nitrogens is 3. The van der Waals surface area contributed by atoms with Gasteiger partial charge in [0.25, 0.3) is 0 Å². The molecule has 20 heteroatoms. The molecular weight excluding hydrogens is 724 g/mol. The fraction of sp³-hybridized carbons (Fsp3) is 0.385. The number of thioether (sulfide) groups is 1. The van der Waals surface area contributed by atoms with E-state index in [1.165, 1.54) is 36.8 Å². The largest absolute Gasteiger partial charge is 1.00 e. The SMILES string of the molecule is C.CS(=O)(Cc1ccc(C(F)(F)F)nc1)=NC#N.CSCc1ccc(C(F)(F)F)nc1.C[S-].FC(F)(F)c1ccc(CCl)cn1.[Na+]. The van der Waals surface area contributed by atoms with Gasteiger partial charge < -0.3 is 12.6 Å². The van der Waals surface area contributed by atoms with Crippen molar-refractivity contribution in [2.75, 3.05) is 18.8 Å². The Hall–Kier alpha value is -1.75. The van der Waals surface area contributed by atoms with Crippen molar-refractivity contribution in [2.45, 2.75) is 43.3 Å². The smallest absolute Gasteiger partial charge is 0.796 e. The average molecular weight is 752 g/mol. The van der Waals surface area contributed by atoms with Crippen LogP contribution in [0.2, 0.25) is 0 Å². The van der Waals surface area contributed by atoms with Gasteiger partial charge >= 0.3 is 48.1 Å². The Morgan fingerprint density at radius 1 is 0.804 bits per heavy atom. The number of nitrogens with zero attached hydrogens (tertiary/aromatic N) is 5. The van der Waals surface area contributed by atoms with Crippen molar-refractivity contribution in [3.8, 4) is 6.19 Å². The molecule has 252 valence electrons. The zero-order valence-electron chi connectivity index (χ0n) is 24.0. The Kier molecular flexibility index (Phi) is 24.1. The van der Waals surface area contributed by atoms with E-state index in [1.54, 1.807) is 18.0 Å². The van der Waals surface area contributed by atoms with Gasteiger partial charge in [0, 0.05) is 36.5 Å². The molecule has 0 aliphatic carbocycles. The Bertz CT molecular complexity index is 1430. The van der Waals surface area contributed by atoms with Gasteiger partial charge in [0.2, 0.25) is 6.19 Å². The first-order valence-corrected chi connectivity index (χ1v) is 16.3. The molecule has 46 heavy (non-hydrogen) atoms. The van der Waals surface area contributed by atoms with Crippen LogP contribution in [0.3, 0.4) is 0 Å². The topological polar surface area (TPSA) is 91.9 Å². The van der Waals surface area contributed by atoms with E-state index >= 15 is 0 Å². The molecule has 0 saturated carbocycles. The van der Waals surface area contributed by atoms with Crippen LogP contribution in [0.5, 0.6) is 0 Å². The van der Waals surface area contributed by atoms with Gasteiger partial charge in [-0.3, -0.25) is 15.0 Å². The quantitative estimate of drug-likeness (QED) is 0.107. The van der Waals surface area contributed by atoms with E-state index in [1.807, 2.05) is 6.26 Å². The van der Waals surface area contributed by atoms with E-state index in [-0.39, 0.29) is 48.6 Å². The van der Waals surface area contributed by atoms with Crippen LogP contribution < -0.4 is 29.6 Å². The first-order chi connectivity index (χ1) is 20.3. The zero-order chi connectivity index (χ0) is 34.2. The molecule has 0 aliphatic heterocycles. The second-order valence-corrected chi connectivity index (χ2v) is 11.5. The Labute approximate surface area is 298 Å². The summed E-state index contributed by atoms with van der Waals surface area (Å²) in [5.74, 6) is 0.752. The van der Waals surface area contributed by atoms with E-state index in [0.717, 1.165) is 36.2 Å². The third-order valence-corrected chi connectivity index (χ3v) is 6.75. The summed E-state index contributed by atoms with van der Waals surface area (Å²) < 4.78 is 123. The molecule has 3 heterocycles. The molecule has 0 N–H and O–H groups in total. The van der Waals surface area contributed by atoms with Crippen LogP contribution in [0.1, 0.15) is 41.2 Å². The van der Waals surface area contributed by atoms with Crippen molar-refractivity contribution >= 4 is 45.7 Å². The fourth-order valence-electron chi connectivity index (χ4n) is 2.62. The number of hydrogen-bond acceptors (Lipinski definition) is 8. The van der Waals surface area contributed by atoms with E-state index < -0.39 is 45.3 Å². The Morgan fingerprint density at radius 3 is 1.41 bits per heavy atom. The number of halogens is 10. The molecule has 0 fully saturated rings. The predicted octanol–water partition coefficient (Wildman–Crippen LogP) is 5.79. The van der Waals surface area contributed by atoms with Gasteiger partial charge in [0.05, 0.1) is 15.5 Å². The van der Waals surface area contributed by atoms with Crippen molar-refractivity contribution in [3.63, 3.8) is 0 Å². The summed E-state index contributed by atoms with van der Waals surface area (Å²) in [5, 5.41) is 8.27. The molecule has 0 aliphatic rings. The number of nitriles is 1. The molecule has 0 spiro atoms. The number of hydrogen-bond donors (Lipinski definition) is 0. The minimum absolute atomic E-state index is 0. The van der Waals surface area contributed by atoms with Crippen LogP contribution in [0.4, 0.5) is 39.5 Å². The van der Waals surface area contributed by atoms with Crippen LogP contribution in [0.15, 0.2) is 59.4 Å². The van der Waals surface area contributed by atoms with E-state index in [0.29, 0.717) is 16.9 Å². The Morgan fingerprint density at radius 2 is 1.15 bits per heavy atom. The van der Waals surface area contributed by atoms with Crippen molar-refractivity contribution in [1.82, 2.24) is 15.0 Å². The summed E-state index contributed by atoms with van der Waals surface area (Å²) in [6.07, 6.45) is -3.69. The maximum atomic E-state index is 12.2. The minimum atomic E-state index is -4.50. The van der Waals surface area contributed by atoms with Crippen LogP contribution >= 0.6 is 23.4 Å². The molecule has 0 amide bonds. The van der Waals surface area contributed by atoms with Gasteiger partial charge in [0.1, 0.15) is 17.1 Å². The molecule has 0 radical (unpaired) electrons. The molecular formula is C26H28ClF9N5NaOS3. The van der Waals surface area contributed by atoms with Crippen molar-refractivity contribution < 1.29 is 73.3 Å². The average Bonchev–Trinajstić information content (AvgIpc) is 2.94. The summed E-state index contributed by atoms with van der Waals surface area (Å²) in [4.78, 5) is 9.76. The van der Waals surface area contributed by atoms with E-state index in [2.05, 4.69) is 31.9 Å².